The monoisotopic (exact) mass is 294 g/mol. The second-order valence-corrected chi connectivity index (χ2v) is 8.05. The number of sulfonamides is 1. The second-order valence-electron chi connectivity index (χ2n) is 6.11. The molecular formula is C15H22N2O2S. The molecule has 3 rings (SSSR count). The molecule has 2 atom stereocenters. The molecule has 1 N–H and O–H groups in total. The molecule has 2 saturated heterocycles. The first-order valence-electron chi connectivity index (χ1n) is 7.28. The van der Waals surface area contributed by atoms with Crippen LogP contribution < -0.4 is 5.32 Å². The lowest BCUT2D eigenvalue weighted by Gasteiger charge is -2.24. The summed E-state index contributed by atoms with van der Waals surface area (Å²) in [7, 11) is -3.35. The van der Waals surface area contributed by atoms with Gasteiger partial charge in [0, 0.05) is 19.1 Å². The van der Waals surface area contributed by atoms with Gasteiger partial charge in [-0.3, -0.25) is 0 Å². The van der Waals surface area contributed by atoms with E-state index in [4.69, 9.17) is 0 Å². The van der Waals surface area contributed by atoms with E-state index in [9.17, 15) is 8.42 Å². The maximum absolute atomic E-state index is 12.8. The third kappa shape index (κ3) is 2.50. The predicted octanol–water partition coefficient (Wildman–Crippen LogP) is 1.68. The van der Waals surface area contributed by atoms with Crippen LogP contribution in [0.4, 0.5) is 0 Å². The highest BCUT2D eigenvalue weighted by Crippen LogP contribution is 2.29. The summed E-state index contributed by atoms with van der Waals surface area (Å²) in [4.78, 5) is 0.439. The highest BCUT2D eigenvalue weighted by atomic mass is 32.2. The van der Waals surface area contributed by atoms with Crippen LogP contribution in [-0.2, 0) is 10.0 Å². The molecule has 0 aromatic heterocycles. The zero-order valence-corrected chi connectivity index (χ0v) is 12.9. The number of aryl methyl sites for hydroxylation is 2. The van der Waals surface area contributed by atoms with Crippen molar-refractivity contribution in [3.63, 3.8) is 0 Å². The van der Waals surface area contributed by atoms with Gasteiger partial charge in [-0.25, -0.2) is 8.42 Å². The first kappa shape index (κ1) is 14.0. The summed E-state index contributed by atoms with van der Waals surface area (Å²) >= 11 is 0. The molecule has 0 spiro atoms. The molecule has 1 aromatic carbocycles. The van der Waals surface area contributed by atoms with E-state index in [1.807, 2.05) is 19.9 Å². The molecule has 110 valence electrons. The number of hydrogen-bond acceptors (Lipinski definition) is 3. The van der Waals surface area contributed by atoms with Crippen LogP contribution in [0.1, 0.15) is 24.0 Å². The van der Waals surface area contributed by atoms with Crippen molar-refractivity contribution in [1.82, 2.24) is 9.62 Å². The lowest BCUT2D eigenvalue weighted by molar-refractivity contribution is 0.339. The van der Waals surface area contributed by atoms with Crippen molar-refractivity contribution in [3.05, 3.63) is 29.3 Å². The fraction of sp³-hybridized carbons (Fsp3) is 0.600. The SMILES string of the molecule is Cc1cc(C)cc(S(=O)(=O)N2CC3CCCNC3C2)c1. The van der Waals surface area contributed by atoms with Crippen molar-refractivity contribution >= 4 is 10.0 Å². The molecule has 2 heterocycles. The Labute approximate surface area is 121 Å². The smallest absolute Gasteiger partial charge is 0.243 e. The molecule has 0 amide bonds. The van der Waals surface area contributed by atoms with Crippen LogP contribution in [0.15, 0.2) is 23.1 Å². The molecule has 0 bridgehead atoms. The minimum absolute atomic E-state index is 0.337. The van der Waals surface area contributed by atoms with Crippen LogP contribution >= 0.6 is 0 Å². The Balaban J connectivity index is 1.88. The molecule has 0 aliphatic carbocycles. The Hall–Kier alpha value is -0.910. The van der Waals surface area contributed by atoms with Crippen molar-refractivity contribution in [2.24, 2.45) is 5.92 Å². The first-order valence-corrected chi connectivity index (χ1v) is 8.72. The van der Waals surface area contributed by atoms with Crippen molar-refractivity contribution in [1.29, 1.82) is 0 Å². The number of nitrogens with one attached hydrogen (secondary N) is 1. The number of fused-ring (bicyclic) bond motifs is 1. The molecule has 2 fully saturated rings. The molecule has 4 nitrogen and oxygen atoms in total. The Morgan fingerprint density at radius 3 is 2.50 bits per heavy atom. The molecule has 2 aliphatic rings. The average molecular weight is 294 g/mol. The Kier molecular flexibility index (Phi) is 3.60. The summed E-state index contributed by atoms with van der Waals surface area (Å²) in [5, 5.41) is 3.45. The van der Waals surface area contributed by atoms with Gasteiger partial charge in [0.25, 0.3) is 0 Å². The van der Waals surface area contributed by atoms with E-state index in [1.54, 1.807) is 16.4 Å². The minimum atomic E-state index is -3.35. The quantitative estimate of drug-likeness (QED) is 0.903. The number of benzene rings is 1. The van der Waals surface area contributed by atoms with Crippen LogP contribution in [-0.4, -0.2) is 38.4 Å². The third-order valence-corrected chi connectivity index (χ3v) is 6.21. The molecular weight excluding hydrogens is 272 g/mol. The summed E-state index contributed by atoms with van der Waals surface area (Å²) in [5.41, 5.74) is 2.00. The van der Waals surface area contributed by atoms with Gasteiger partial charge in [-0.15, -0.1) is 0 Å². The summed E-state index contributed by atoms with van der Waals surface area (Å²) in [5.74, 6) is 0.476. The van der Waals surface area contributed by atoms with E-state index in [0.29, 0.717) is 29.9 Å². The van der Waals surface area contributed by atoms with Gasteiger partial charge in [0.15, 0.2) is 0 Å². The lowest BCUT2D eigenvalue weighted by atomic mass is 9.94. The molecule has 2 unspecified atom stereocenters. The first-order chi connectivity index (χ1) is 9.46. The Morgan fingerprint density at radius 2 is 1.85 bits per heavy atom. The Morgan fingerprint density at radius 1 is 1.15 bits per heavy atom. The van der Waals surface area contributed by atoms with Crippen molar-refractivity contribution in [2.75, 3.05) is 19.6 Å². The average Bonchev–Trinajstić information content (AvgIpc) is 2.82. The fourth-order valence-corrected chi connectivity index (χ4v) is 5.15. The van der Waals surface area contributed by atoms with Crippen molar-refractivity contribution in [2.45, 2.75) is 37.6 Å². The van der Waals surface area contributed by atoms with Crippen molar-refractivity contribution in [3.8, 4) is 0 Å². The van der Waals surface area contributed by atoms with Crippen LogP contribution in [0.2, 0.25) is 0 Å². The van der Waals surface area contributed by atoms with Gasteiger partial charge in [0.05, 0.1) is 4.90 Å². The minimum Gasteiger partial charge on any atom is -0.312 e. The largest absolute Gasteiger partial charge is 0.312 e. The molecule has 0 radical (unpaired) electrons. The van der Waals surface area contributed by atoms with Gasteiger partial charge >= 0.3 is 0 Å². The van der Waals surface area contributed by atoms with Crippen LogP contribution in [0.25, 0.3) is 0 Å². The van der Waals surface area contributed by atoms with E-state index in [1.165, 1.54) is 0 Å². The number of piperidine rings is 1. The van der Waals surface area contributed by atoms with Gasteiger partial charge in [-0.05, 0) is 62.4 Å². The van der Waals surface area contributed by atoms with Crippen molar-refractivity contribution < 1.29 is 8.42 Å². The van der Waals surface area contributed by atoms with Gasteiger partial charge in [0.2, 0.25) is 10.0 Å². The summed E-state index contributed by atoms with van der Waals surface area (Å²) < 4.78 is 27.2. The van der Waals surface area contributed by atoms with Crippen LogP contribution in [0.3, 0.4) is 0 Å². The Bertz CT molecular complexity index is 578. The van der Waals surface area contributed by atoms with Gasteiger partial charge in [-0.2, -0.15) is 4.31 Å². The van der Waals surface area contributed by atoms with Gasteiger partial charge < -0.3 is 5.32 Å². The topological polar surface area (TPSA) is 49.4 Å². The highest BCUT2D eigenvalue weighted by molar-refractivity contribution is 7.89. The summed E-state index contributed by atoms with van der Waals surface area (Å²) in [6.07, 6.45) is 2.29. The van der Waals surface area contributed by atoms with E-state index < -0.39 is 10.0 Å². The van der Waals surface area contributed by atoms with E-state index in [2.05, 4.69) is 5.32 Å². The maximum atomic E-state index is 12.8. The normalized spacial score (nSPS) is 27.5. The van der Waals surface area contributed by atoms with Gasteiger partial charge in [0.1, 0.15) is 0 Å². The fourth-order valence-electron chi connectivity index (χ4n) is 3.43. The zero-order chi connectivity index (χ0) is 14.3. The lowest BCUT2D eigenvalue weighted by Crippen LogP contribution is -2.41. The summed E-state index contributed by atoms with van der Waals surface area (Å²) in [6, 6.07) is 5.89. The molecule has 2 aliphatic heterocycles. The van der Waals surface area contributed by atoms with Crippen LogP contribution in [0, 0.1) is 19.8 Å². The molecule has 0 saturated carbocycles. The van der Waals surface area contributed by atoms with E-state index in [0.717, 1.165) is 30.5 Å². The third-order valence-electron chi connectivity index (χ3n) is 4.40. The zero-order valence-electron chi connectivity index (χ0n) is 12.1. The van der Waals surface area contributed by atoms with E-state index >= 15 is 0 Å². The molecule has 5 heteroatoms. The second kappa shape index (κ2) is 5.13. The van der Waals surface area contributed by atoms with Gasteiger partial charge in [-0.1, -0.05) is 6.07 Å². The van der Waals surface area contributed by atoms with E-state index in [-0.39, 0.29) is 0 Å². The molecule has 20 heavy (non-hydrogen) atoms. The standard InChI is InChI=1S/C15H22N2O2S/c1-11-6-12(2)8-14(7-11)20(18,19)17-9-13-4-3-5-16-15(13)10-17/h6-8,13,15-16H,3-5,9-10H2,1-2H3. The number of rotatable bonds is 2. The maximum Gasteiger partial charge on any atom is 0.243 e. The van der Waals surface area contributed by atoms with Crippen LogP contribution in [0.5, 0.6) is 0 Å². The number of hydrogen-bond donors (Lipinski definition) is 1. The predicted molar refractivity (Wildman–Crippen MR) is 79.2 cm³/mol. The molecule has 1 aromatic rings. The summed E-state index contributed by atoms with van der Waals surface area (Å²) in [6.45, 7) is 6.17. The number of nitrogens with zero attached hydrogens (tertiary/aromatic N) is 1. The highest BCUT2D eigenvalue weighted by Gasteiger charge is 2.40.